The van der Waals surface area contributed by atoms with Crippen LogP contribution in [-0.2, 0) is 10.0 Å². The van der Waals surface area contributed by atoms with Crippen molar-refractivity contribution in [2.24, 2.45) is 0 Å². The zero-order valence-corrected chi connectivity index (χ0v) is 18.3. The smallest absolute Gasteiger partial charge is 0.244 e. The van der Waals surface area contributed by atoms with Crippen LogP contribution in [0.1, 0.15) is 11.6 Å². The molecule has 0 saturated carbocycles. The summed E-state index contributed by atoms with van der Waals surface area (Å²) in [4.78, 5) is 4.46. The molecule has 1 aliphatic rings. The van der Waals surface area contributed by atoms with Crippen LogP contribution < -0.4 is 14.2 Å². The fourth-order valence-electron chi connectivity index (χ4n) is 3.54. The summed E-state index contributed by atoms with van der Waals surface area (Å²) >= 11 is 0. The van der Waals surface area contributed by atoms with E-state index in [9.17, 15) is 12.8 Å². The molecule has 3 rings (SSSR count). The number of sulfonamides is 1. The van der Waals surface area contributed by atoms with E-state index in [0.29, 0.717) is 5.75 Å². The van der Waals surface area contributed by atoms with Crippen LogP contribution in [0.3, 0.4) is 0 Å². The van der Waals surface area contributed by atoms with E-state index in [1.807, 2.05) is 0 Å². The van der Waals surface area contributed by atoms with Crippen LogP contribution in [0.5, 0.6) is 11.5 Å². The lowest BCUT2D eigenvalue weighted by Gasteiger charge is -2.38. The van der Waals surface area contributed by atoms with E-state index in [1.165, 1.54) is 32.4 Å². The van der Waals surface area contributed by atoms with Gasteiger partial charge in [-0.25, -0.2) is 17.5 Å². The Labute approximate surface area is 177 Å². The summed E-state index contributed by atoms with van der Waals surface area (Å²) in [6.07, 6.45) is 0. The van der Waals surface area contributed by atoms with E-state index in [4.69, 9.17) is 9.47 Å². The number of hydrogen-bond acceptors (Lipinski definition) is 6. The summed E-state index contributed by atoms with van der Waals surface area (Å²) in [7, 11) is 1.09. The maximum Gasteiger partial charge on any atom is 0.244 e. The molecule has 1 fully saturated rings. The average Bonchev–Trinajstić information content (AvgIpc) is 2.75. The fourth-order valence-corrected chi connectivity index (χ4v) is 4.76. The maximum absolute atomic E-state index is 13.4. The normalized spacial score (nSPS) is 16.9. The first kappa shape index (κ1) is 22.5. The molecule has 1 atom stereocenters. The van der Waals surface area contributed by atoms with Crippen molar-refractivity contribution < 1.29 is 22.3 Å². The van der Waals surface area contributed by atoms with Gasteiger partial charge in [-0.2, -0.15) is 0 Å². The number of hydrogen-bond donors (Lipinski definition) is 1. The number of piperazine rings is 1. The Morgan fingerprint density at radius 2 is 1.70 bits per heavy atom. The largest absolute Gasteiger partial charge is 0.497 e. The van der Waals surface area contributed by atoms with Crippen molar-refractivity contribution in [3.8, 4) is 11.5 Å². The topological polar surface area (TPSA) is 71.1 Å². The van der Waals surface area contributed by atoms with E-state index < -0.39 is 10.0 Å². The second kappa shape index (κ2) is 9.74. The third kappa shape index (κ3) is 5.28. The molecule has 2 aromatic rings. The monoisotopic (exact) mass is 437 g/mol. The third-order valence-electron chi connectivity index (χ3n) is 5.36. The fraction of sp³-hybridized carbons (Fsp3) is 0.429. The molecule has 0 unspecified atom stereocenters. The SMILES string of the molecule is COc1ccc(OC)c(S(=O)(=O)NC[C@@H](c2ccc(F)cc2)N2CCN(C)CC2)c1. The number of nitrogens with zero attached hydrogens (tertiary/aromatic N) is 2. The summed E-state index contributed by atoms with van der Waals surface area (Å²) < 4.78 is 52.7. The van der Waals surface area contributed by atoms with Gasteiger partial charge in [-0.15, -0.1) is 0 Å². The summed E-state index contributed by atoms with van der Waals surface area (Å²) in [5.74, 6) is 0.337. The summed E-state index contributed by atoms with van der Waals surface area (Å²) in [5, 5.41) is 0. The lowest BCUT2D eigenvalue weighted by Crippen LogP contribution is -2.48. The van der Waals surface area contributed by atoms with Gasteiger partial charge in [0.15, 0.2) is 0 Å². The number of benzene rings is 2. The standard InChI is InChI=1S/C21H28FN3O4S/c1-24-10-12-25(13-11-24)19(16-4-6-17(22)7-5-16)15-23-30(26,27)21-14-18(28-2)8-9-20(21)29-3/h4-9,14,19,23H,10-13,15H2,1-3H3/t19-/m0/s1. The maximum atomic E-state index is 13.4. The van der Waals surface area contributed by atoms with Crippen molar-refractivity contribution in [3.63, 3.8) is 0 Å². The molecule has 0 amide bonds. The van der Waals surface area contributed by atoms with E-state index in [-0.39, 0.29) is 29.0 Å². The summed E-state index contributed by atoms with van der Waals surface area (Å²) in [6.45, 7) is 3.51. The first-order valence-corrected chi connectivity index (χ1v) is 11.2. The molecular weight excluding hydrogens is 409 g/mol. The van der Waals surface area contributed by atoms with Gasteiger partial charge in [0.05, 0.1) is 14.2 Å². The van der Waals surface area contributed by atoms with E-state index in [0.717, 1.165) is 31.7 Å². The predicted molar refractivity (Wildman–Crippen MR) is 113 cm³/mol. The van der Waals surface area contributed by atoms with Crippen LogP contribution in [-0.4, -0.2) is 72.2 Å². The molecule has 0 spiro atoms. The molecule has 1 heterocycles. The molecule has 0 aromatic heterocycles. The van der Waals surface area contributed by atoms with Crippen LogP contribution in [0.4, 0.5) is 4.39 Å². The highest BCUT2D eigenvalue weighted by Crippen LogP contribution is 2.29. The number of ether oxygens (including phenoxy) is 2. The molecule has 30 heavy (non-hydrogen) atoms. The van der Waals surface area contributed by atoms with Gasteiger partial charge in [0.2, 0.25) is 10.0 Å². The number of likely N-dealkylation sites (N-methyl/N-ethyl adjacent to an activating group) is 1. The lowest BCUT2D eigenvalue weighted by molar-refractivity contribution is 0.113. The molecular formula is C21H28FN3O4S. The van der Waals surface area contributed by atoms with Gasteiger partial charge < -0.3 is 14.4 Å². The molecule has 0 aliphatic carbocycles. The summed E-state index contributed by atoms with van der Waals surface area (Å²) in [6, 6.07) is 10.6. The molecule has 1 saturated heterocycles. The van der Waals surface area contributed by atoms with Crippen molar-refractivity contribution in [2.75, 3.05) is 54.0 Å². The van der Waals surface area contributed by atoms with Gasteiger partial charge in [-0.1, -0.05) is 12.1 Å². The molecule has 164 valence electrons. The van der Waals surface area contributed by atoms with Crippen LogP contribution in [0.15, 0.2) is 47.4 Å². The first-order valence-electron chi connectivity index (χ1n) is 9.74. The Morgan fingerprint density at radius 3 is 2.30 bits per heavy atom. The Bertz CT molecular complexity index is 945. The molecule has 0 bridgehead atoms. The minimum atomic E-state index is -3.86. The minimum absolute atomic E-state index is 0.0144. The zero-order valence-electron chi connectivity index (χ0n) is 17.5. The van der Waals surface area contributed by atoms with Crippen molar-refractivity contribution in [1.82, 2.24) is 14.5 Å². The van der Waals surface area contributed by atoms with E-state index in [2.05, 4.69) is 21.6 Å². The quantitative estimate of drug-likeness (QED) is 0.682. The number of halogens is 1. The van der Waals surface area contributed by atoms with Crippen LogP contribution in [0.25, 0.3) is 0 Å². The lowest BCUT2D eigenvalue weighted by atomic mass is 10.0. The van der Waals surface area contributed by atoms with Crippen molar-refractivity contribution in [1.29, 1.82) is 0 Å². The van der Waals surface area contributed by atoms with E-state index >= 15 is 0 Å². The Kier molecular flexibility index (Phi) is 7.30. The molecule has 0 radical (unpaired) electrons. The Morgan fingerprint density at radius 1 is 1.03 bits per heavy atom. The van der Waals surface area contributed by atoms with Gasteiger partial charge in [-0.05, 0) is 36.9 Å². The van der Waals surface area contributed by atoms with E-state index in [1.54, 1.807) is 24.3 Å². The zero-order chi connectivity index (χ0) is 21.7. The number of nitrogens with one attached hydrogen (secondary N) is 1. The average molecular weight is 438 g/mol. The van der Waals surface area contributed by atoms with Gasteiger partial charge in [0.25, 0.3) is 0 Å². The first-order chi connectivity index (χ1) is 14.3. The predicted octanol–water partition coefficient (Wildman–Crippen LogP) is 2.11. The minimum Gasteiger partial charge on any atom is -0.497 e. The van der Waals surface area contributed by atoms with Crippen molar-refractivity contribution in [3.05, 3.63) is 53.8 Å². The molecule has 9 heteroatoms. The highest BCUT2D eigenvalue weighted by molar-refractivity contribution is 7.89. The van der Waals surface area contributed by atoms with Gasteiger partial charge in [0, 0.05) is 44.8 Å². The van der Waals surface area contributed by atoms with Gasteiger partial charge in [-0.3, -0.25) is 4.90 Å². The van der Waals surface area contributed by atoms with Gasteiger partial charge >= 0.3 is 0 Å². The number of methoxy groups -OCH3 is 2. The second-order valence-corrected chi connectivity index (χ2v) is 9.01. The van der Waals surface area contributed by atoms with Crippen LogP contribution >= 0.6 is 0 Å². The summed E-state index contributed by atoms with van der Waals surface area (Å²) in [5.41, 5.74) is 0.862. The van der Waals surface area contributed by atoms with Gasteiger partial charge in [0.1, 0.15) is 22.2 Å². The Balaban J connectivity index is 1.85. The number of rotatable bonds is 8. The highest BCUT2D eigenvalue weighted by Gasteiger charge is 2.27. The second-order valence-electron chi connectivity index (χ2n) is 7.28. The van der Waals surface area contributed by atoms with Crippen molar-refractivity contribution in [2.45, 2.75) is 10.9 Å². The molecule has 2 aromatic carbocycles. The molecule has 1 N–H and O–H groups in total. The molecule has 1 aliphatic heterocycles. The van der Waals surface area contributed by atoms with Crippen LogP contribution in [0.2, 0.25) is 0 Å². The Hall–Kier alpha value is -2.20. The third-order valence-corrected chi connectivity index (χ3v) is 6.81. The van der Waals surface area contributed by atoms with Crippen molar-refractivity contribution >= 4 is 10.0 Å². The van der Waals surface area contributed by atoms with Crippen LogP contribution in [0, 0.1) is 5.82 Å². The molecule has 7 nitrogen and oxygen atoms in total. The highest BCUT2D eigenvalue weighted by atomic mass is 32.2.